The highest BCUT2D eigenvalue weighted by Crippen LogP contribution is 2.10. The Morgan fingerprint density at radius 2 is 2.05 bits per heavy atom. The molecule has 0 aliphatic carbocycles. The lowest BCUT2D eigenvalue weighted by atomic mass is 10.1. The van der Waals surface area contributed by atoms with Gasteiger partial charge in [-0.2, -0.15) is 5.10 Å². The van der Waals surface area contributed by atoms with Crippen LogP contribution in [0.15, 0.2) is 36.7 Å². The number of anilines is 1. The minimum atomic E-state index is -0.253. The number of aromatic nitrogens is 2. The van der Waals surface area contributed by atoms with E-state index in [2.05, 4.69) is 15.7 Å². The Labute approximate surface area is 123 Å². The molecule has 21 heavy (non-hydrogen) atoms. The maximum atomic E-state index is 11.7. The van der Waals surface area contributed by atoms with Gasteiger partial charge in [0.05, 0.1) is 11.9 Å². The summed E-state index contributed by atoms with van der Waals surface area (Å²) in [5.41, 5.74) is 1.73. The Kier molecular flexibility index (Phi) is 4.81. The molecule has 2 aromatic rings. The predicted octanol–water partition coefficient (Wildman–Crippen LogP) is 2.53. The molecule has 2 amide bonds. The van der Waals surface area contributed by atoms with Crippen LogP contribution < -0.4 is 10.6 Å². The quantitative estimate of drug-likeness (QED) is 0.791. The molecule has 0 aliphatic heterocycles. The van der Waals surface area contributed by atoms with E-state index in [9.17, 15) is 9.90 Å². The lowest BCUT2D eigenvalue weighted by Gasteiger charge is -2.06. The zero-order valence-electron chi connectivity index (χ0n) is 12.2. The van der Waals surface area contributed by atoms with Crippen LogP contribution in [0.25, 0.3) is 0 Å². The van der Waals surface area contributed by atoms with E-state index in [1.54, 1.807) is 29.2 Å². The van der Waals surface area contributed by atoms with Crippen molar-refractivity contribution in [2.75, 3.05) is 11.9 Å². The van der Waals surface area contributed by atoms with Gasteiger partial charge in [-0.25, -0.2) is 4.79 Å². The second-order valence-electron chi connectivity index (χ2n) is 5.10. The zero-order chi connectivity index (χ0) is 15.2. The largest absolute Gasteiger partial charge is 0.508 e. The third kappa shape index (κ3) is 4.52. The summed E-state index contributed by atoms with van der Waals surface area (Å²) in [6, 6.07) is 6.95. The number of hydrogen-bond acceptors (Lipinski definition) is 3. The van der Waals surface area contributed by atoms with Gasteiger partial charge in [-0.1, -0.05) is 12.1 Å². The summed E-state index contributed by atoms with van der Waals surface area (Å²) in [5, 5.41) is 18.9. The molecule has 0 saturated heterocycles. The van der Waals surface area contributed by atoms with Crippen LogP contribution in [0.4, 0.5) is 10.5 Å². The predicted molar refractivity (Wildman–Crippen MR) is 81.4 cm³/mol. The first kappa shape index (κ1) is 14.9. The van der Waals surface area contributed by atoms with E-state index in [-0.39, 0.29) is 17.8 Å². The molecule has 1 aromatic carbocycles. The van der Waals surface area contributed by atoms with Gasteiger partial charge in [-0.15, -0.1) is 0 Å². The molecular formula is C15H20N4O2. The number of aromatic hydroxyl groups is 1. The fourth-order valence-corrected chi connectivity index (χ4v) is 1.84. The third-order valence-corrected chi connectivity index (χ3v) is 3.02. The SMILES string of the molecule is CC(C)n1cc(NC(=O)NCCc2ccc(O)cc2)cn1. The molecule has 0 bridgehead atoms. The summed E-state index contributed by atoms with van der Waals surface area (Å²) in [7, 11) is 0. The Morgan fingerprint density at radius 3 is 2.67 bits per heavy atom. The number of carbonyl (C=O) groups excluding carboxylic acids is 1. The molecule has 112 valence electrons. The molecule has 2 rings (SSSR count). The van der Waals surface area contributed by atoms with Crippen molar-refractivity contribution in [2.24, 2.45) is 0 Å². The van der Waals surface area contributed by atoms with Crippen LogP contribution in [0.3, 0.4) is 0 Å². The van der Waals surface area contributed by atoms with E-state index in [4.69, 9.17) is 0 Å². The van der Waals surface area contributed by atoms with Gasteiger partial charge in [-0.05, 0) is 38.0 Å². The average Bonchev–Trinajstić information content (AvgIpc) is 2.90. The van der Waals surface area contributed by atoms with Gasteiger partial charge in [0.1, 0.15) is 5.75 Å². The van der Waals surface area contributed by atoms with E-state index >= 15 is 0 Å². The molecule has 0 aliphatic rings. The van der Waals surface area contributed by atoms with Crippen LogP contribution in [0.2, 0.25) is 0 Å². The number of nitrogens with one attached hydrogen (secondary N) is 2. The molecular weight excluding hydrogens is 268 g/mol. The maximum Gasteiger partial charge on any atom is 0.319 e. The van der Waals surface area contributed by atoms with Crippen molar-refractivity contribution in [1.29, 1.82) is 0 Å². The topological polar surface area (TPSA) is 79.2 Å². The number of rotatable bonds is 5. The van der Waals surface area contributed by atoms with Gasteiger partial charge in [0, 0.05) is 18.8 Å². The third-order valence-electron chi connectivity index (χ3n) is 3.02. The van der Waals surface area contributed by atoms with Crippen LogP contribution in [0.5, 0.6) is 5.75 Å². The summed E-state index contributed by atoms with van der Waals surface area (Å²) < 4.78 is 1.78. The summed E-state index contributed by atoms with van der Waals surface area (Å²) >= 11 is 0. The highest BCUT2D eigenvalue weighted by molar-refractivity contribution is 5.88. The van der Waals surface area contributed by atoms with Crippen molar-refractivity contribution in [2.45, 2.75) is 26.3 Å². The first-order valence-corrected chi connectivity index (χ1v) is 6.91. The number of benzene rings is 1. The highest BCUT2D eigenvalue weighted by Gasteiger charge is 2.05. The van der Waals surface area contributed by atoms with Crippen molar-refractivity contribution < 1.29 is 9.90 Å². The first-order valence-electron chi connectivity index (χ1n) is 6.91. The lowest BCUT2D eigenvalue weighted by Crippen LogP contribution is -2.30. The van der Waals surface area contributed by atoms with Gasteiger partial charge >= 0.3 is 6.03 Å². The molecule has 6 nitrogen and oxygen atoms in total. The van der Waals surface area contributed by atoms with Crippen LogP contribution >= 0.6 is 0 Å². The van der Waals surface area contributed by atoms with E-state index in [1.165, 1.54) is 0 Å². The number of phenolic OH excluding ortho intramolecular Hbond substituents is 1. The van der Waals surface area contributed by atoms with E-state index in [0.29, 0.717) is 18.7 Å². The summed E-state index contributed by atoms with van der Waals surface area (Å²) in [4.78, 5) is 11.7. The lowest BCUT2D eigenvalue weighted by molar-refractivity contribution is 0.252. The standard InChI is InChI=1S/C15H20N4O2/c1-11(2)19-10-13(9-17-19)18-15(21)16-8-7-12-3-5-14(20)6-4-12/h3-6,9-11,20H,7-8H2,1-2H3,(H2,16,18,21). The maximum absolute atomic E-state index is 11.7. The Morgan fingerprint density at radius 1 is 1.33 bits per heavy atom. The minimum Gasteiger partial charge on any atom is -0.508 e. The highest BCUT2D eigenvalue weighted by atomic mass is 16.3. The smallest absolute Gasteiger partial charge is 0.319 e. The van der Waals surface area contributed by atoms with Crippen molar-refractivity contribution in [3.63, 3.8) is 0 Å². The van der Waals surface area contributed by atoms with E-state index in [0.717, 1.165) is 5.56 Å². The van der Waals surface area contributed by atoms with Gasteiger partial charge in [0.15, 0.2) is 0 Å². The Bertz CT molecular complexity index is 590. The second kappa shape index (κ2) is 6.78. The van der Waals surface area contributed by atoms with Crippen LogP contribution in [-0.2, 0) is 6.42 Å². The van der Waals surface area contributed by atoms with Gasteiger partial charge < -0.3 is 15.7 Å². The number of amides is 2. The second-order valence-corrected chi connectivity index (χ2v) is 5.10. The van der Waals surface area contributed by atoms with Crippen molar-refractivity contribution in [1.82, 2.24) is 15.1 Å². The Balaban J connectivity index is 1.75. The number of phenols is 1. The molecule has 0 saturated carbocycles. The van der Waals surface area contributed by atoms with Crippen LogP contribution in [0.1, 0.15) is 25.5 Å². The van der Waals surface area contributed by atoms with Crippen LogP contribution in [0, 0.1) is 0 Å². The molecule has 0 fully saturated rings. The molecule has 6 heteroatoms. The average molecular weight is 288 g/mol. The number of urea groups is 1. The van der Waals surface area contributed by atoms with Gasteiger partial charge in [0.2, 0.25) is 0 Å². The van der Waals surface area contributed by atoms with E-state index < -0.39 is 0 Å². The molecule has 0 spiro atoms. The molecule has 0 radical (unpaired) electrons. The van der Waals surface area contributed by atoms with E-state index in [1.807, 2.05) is 26.0 Å². The van der Waals surface area contributed by atoms with Crippen molar-refractivity contribution >= 4 is 11.7 Å². The van der Waals surface area contributed by atoms with Crippen LogP contribution in [-0.4, -0.2) is 27.5 Å². The Hall–Kier alpha value is -2.50. The normalized spacial score (nSPS) is 10.6. The monoisotopic (exact) mass is 288 g/mol. The minimum absolute atomic E-state index is 0.242. The molecule has 0 unspecified atom stereocenters. The zero-order valence-corrected chi connectivity index (χ0v) is 12.2. The molecule has 3 N–H and O–H groups in total. The first-order chi connectivity index (χ1) is 10.0. The van der Waals surface area contributed by atoms with Gasteiger partial charge in [0.25, 0.3) is 0 Å². The molecule has 1 heterocycles. The number of carbonyl (C=O) groups is 1. The molecule has 1 aromatic heterocycles. The number of nitrogens with zero attached hydrogens (tertiary/aromatic N) is 2. The fourth-order valence-electron chi connectivity index (χ4n) is 1.84. The summed E-state index contributed by atoms with van der Waals surface area (Å²) in [6.07, 6.45) is 4.13. The summed E-state index contributed by atoms with van der Waals surface area (Å²) in [6.45, 7) is 4.57. The van der Waals surface area contributed by atoms with Crippen molar-refractivity contribution in [3.05, 3.63) is 42.2 Å². The fraction of sp³-hybridized carbons (Fsp3) is 0.333. The summed E-state index contributed by atoms with van der Waals surface area (Å²) in [5.74, 6) is 0.242. The van der Waals surface area contributed by atoms with Crippen molar-refractivity contribution in [3.8, 4) is 5.75 Å². The van der Waals surface area contributed by atoms with Gasteiger partial charge in [-0.3, -0.25) is 4.68 Å². The number of hydrogen-bond donors (Lipinski definition) is 3. The molecule has 0 atom stereocenters.